The van der Waals surface area contributed by atoms with E-state index in [0.717, 1.165) is 25.7 Å². The predicted octanol–water partition coefficient (Wildman–Crippen LogP) is 3.09. The Morgan fingerprint density at radius 2 is 2.12 bits per heavy atom. The Balaban J connectivity index is 0.00000338. The molecule has 1 aromatic heterocycles. The van der Waals surface area contributed by atoms with Crippen LogP contribution in [0.15, 0.2) is 4.52 Å². The normalized spacial score (nSPS) is 24.2. The summed E-state index contributed by atoms with van der Waals surface area (Å²) in [5, 5.41) is 3.97. The van der Waals surface area contributed by atoms with Gasteiger partial charge in [-0.05, 0) is 32.6 Å². The van der Waals surface area contributed by atoms with E-state index in [1.807, 2.05) is 13.8 Å². The van der Waals surface area contributed by atoms with Crippen molar-refractivity contribution in [1.29, 1.82) is 0 Å². The fourth-order valence-corrected chi connectivity index (χ4v) is 3.22. The van der Waals surface area contributed by atoms with Crippen molar-refractivity contribution in [2.75, 3.05) is 13.7 Å². The van der Waals surface area contributed by atoms with Gasteiger partial charge in [-0.2, -0.15) is 4.98 Å². The number of aromatic nitrogens is 2. The summed E-state index contributed by atoms with van der Waals surface area (Å²) in [6.07, 6.45) is 3.62. The highest BCUT2D eigenvalue weighted by molar-refractivity contribution is 5.85. The lowest BCUT2D eigenvalue weighted by atomic mass is 9.74. The molecule has 0 aliphatic heterocycles. The first-order valence-electron chi connectivity index (χ1n) is 9.18. The van der Waals surface area contributed by atoms with Crippen LogP contribution in [-0.2, 0) is 16.1 Å². The second kappa shape index (κ2) is 9.67. The van der Waals surface area contributed by atoms with Gasteiger partial charge in [0.2, 0.25) is 11.8 Å². The number of nitrogens with two attached hydrogens (primary N) is 1. The molecular formula is C18H33ClN4O3. The molecule has 1 heterocycles. The molecule has 0 bridgehead atoms. The SMILES string of the molecule is CC(C)COC(C)c1noc(CN(C)C(=O)C2CCCCC2(C)N)n1.Cl. The van der Waals surface area contributed by atoms with Crippen LogP contribution in [0.1, 0.15) is 71.2 Å². The highest BCUT2D eigenvalue weighted by atomic mass is 35.5. The minimum atomic E-state index is -0.442. The van der Waals surface area contributed by atoms with Crippen molar-refractivity contribution in [1.82, 2.24) is 15.0 Å². The molecule has 1 aliphatic carbocycles. The highest BCUT2D eigenvalue weighted by Gasteiger charge is 2.39. The highest BCUT2D eigenvalue weighted by Crippen LogP contribution is 2.33. The molecule has 0 spiro atoms. The van der Waals surface area contributed by atoms with Gasteiger partial charge in [-0.25, -0.2) is 0 Å². The molecule has 0 radical (unpaired) electrons. The Hall–Kier alpha value is -1.18. The third-order valence-electron chi connectivity index (χ3n) is 4.83. The molecule has 0 aromatic carbocycles. The Morgan fingerprint density at radius 3 is 2.73 bits per heavy atom. The molecule has 1 aromatic rings. The number of carbonyl (C=O) groups excluding carboxylic acids is 1. The van der Waals surface area contributed by atoms with Crippen molar-refractivity contribution in [3.63, 3.8) is 0 Å². The van der Waals surface area contributed by atoms with Gasteiger partial charge in [0.15, 0.2) is 5.82 Å². The number of carbonyl (C=O) groups is 1. The Labute approximate surface area is 162 Å². The number of amides is 1. The molecule has 150 valence electrons. The summed E-state index contributed by atoms with van der Waals surface area (Å²) in [5.41, 5.74) is 5.90. The maximum Gasteiger partial charge on any atom is 0.246 e. The molecule has 2 N–H and O–H groups in total. The van der Waals surface area contributed by atoms with E-state index < -0.39 is 5.54 Å². The van der Waals surface area contributed by atoms with Crippen LogP contribution in [0.2, 0.25) is 0 Å². The van der Waals surface area contributed by atoms with Gasteiger partial charge >= 0.3 is 0 Å². The Bertz CT molecular complexity index is 577. The maximum absolute atomic E-state index is 12.8. The van der Waals surface area contributed by atoms with Crippen LogP contribution in [0.4, 0.5) is 0 Å². The van der Waals surface area contributed by atoms with E-state index in [9.17, 15) is 4.79 Å². The number of ether oxygens (including phenoxy) is 1. The van der Waals surface area contributed by atoms with Crippen molar-refractivity contribution in [2.24, 2.45) is 17.6 Å². The number of halogens is 1. The van der Waals surface area contributed by atoms with Crippen LogP contribution < -0.4 is 5.73 Å². The molecule has 8 heteroatoms. The van der Waals surface area contributed by atoms with Crippen LogP contribution >= 0.6 is 12.4 Å². The largest absolute Gasteiger partial charge is 0.370 e. The average molecular weight is 389 g/mol. The van der Waals surface area contributed by atoms with Gasteiger partial charge in [0.05, 0.1) is 12.5 Å². The Kier molecular flexibility index (Phi) is 8.50. The van der Waals surface area contributed by atoms with E-state index >= 15 is 0 Å². The maximum atomic E-state index is 12.8. The quantitative estimate of drug-likeness (QED) is 0.771. The minimum absolute atomic E-state index is 0. The molecule has 1 aliphatic rings. The standard InChI is InChI=1S/C18H32N4O3.ClH/c1-12(2)11-24-13(3)16-20-15(25-21-16)10-22(5)17(23)14-8-6-7-9-18(14,4)19;/h12-14H,6-11,19H2,1-5H3;1H. The van der Waals surface area contributed by atoms with Crippen LogP contribution in [0.25, 0.3) is 0 Å². The lowest BCUT2D eigenvalue weighted by molar-refractivity contribution is -0.138. The third kappa shape index (κ3) is 5.93. The van der Waals surface area contributed by atoms with Gasteiger partial charge in [-0.1, -0.05) is 31.8 Å². The summed E-state index contributed by atoms with van der Waals surface area (Å²) in [6.45, 7) is 8.97. The molecule has 1 saturated carbocycles. The van der Waals surface area contributed by atoms with Crippen molar-refractivity contribution in [3.8, 4) is 0 Å². The lowest BCUT2D eigenvalue weighted by Crippen LogP contribution is -2.53. The molecule has 3 unspecified atom stereocenters. The van der Waals surface area contributed by atoms with Crippen LogP contribution in [0.3, 0.4) is 0 Å². The van der Waals surface area contributed by atoms with Crippen molar-refractivity contribution in [3.05, 3.63) is 11.7 Å². The number of nitrogens with zero attached hydrogens (tertiary/aromatic N) is 3. The summed E-state index contributed by atoms with van der Waals surface area (Å²) in [6, 6.07) is 0. The minimum Gasteiger partial charge on any atom is -0.370 e. The summed E-state index contributed by atoms with van der Waals surface area (Å²) in [5.74, 6) is 1.27. The van der Waals surface area contributed by atoms with E-state index in [-0.39, 0.29) is 36.9 Å². The van der Waals surface area contributed by atoms with Crippen molar-refractivity contribution >= 4 is 18.3 Å². The summed E-state index contributed by atoms with van der Waals surface area (Å²) < 4.78 is 11.0. The third-order valence-corrected chi connectivity index (χ3v) is 4.83. The second-order valence-corrected chi connectivity index (χ2v) is 7.91. The lowest BCUT2D eigenvalue weighted by Gasteiger charge is -2.38. The van der Waals surface area contributed by atoms with Gasteiger partial charge in [0.1, 0.15) is 6.10 Å². The molecule has 2 rings (SSSR count). The molecule has 3 atom stereocenters. The number of hydrogen-bond acceptors (Lipinski definition) is 6. The van der Waals surface area contributed by atoms with E-state index in [1.54, 1.807) is 11.9 Å². The fraction of sp³-hybridized carbons (Fsp3) is 0.833. The van der Waals surface area contributed by atoms with Gasteiger partial charge < -0.3 is 19.9 Å². The van der Waals surface area contributed by atoms with Gasteiger partial charge in [0.25, 0.3) is 0 Å². The second-order valence-electron chi connectivity index (χ2n) is 7.91. The van der Waals surface area contributed by atoms with Gasteiger partial charge in [0, 0.05) is 19.2 Å². The van der Waals surface area contributed by atoms with E-state index in [0.29, 0.717) is 24.2 Å². The summed E-state index contributed by atoms with van der Waals surface area (Å²) in [7, 11) is 1.76. The molecular weight excluding hydrogens is 356 g/mol. The zero-order valence-corrected chi connectivity index (χ0v) is 17.3. The van der Waals surface area contributed by atoms with E-state index in [1.165, 1.54) is 0 Å². The predicted molar refractivity (Wildman–Crippen MR) is 102 cm³/mol. The first-order chi connectivity index (χ1) is 11.7. The fourth-order valence-electron chi connectivity index (χ4n) is 3.22. The van der Waals surface area contributed by atoms with Crippen LogP contribution in [0, 0.1) is 11.8 Å². The van der Waals surface area contributed by atoms with Gasteiger partial charge in [-0.15, -0.1) is 12.4 Å². The van der Waals surface area contributed by atoms with Crippen LogP contribution in [-0.4, -0.2) is 40.1 Å². The van der Waals surface area contributed by atoms with Crippen molar-refractivity contribution < 1.29 is 14.1 Å². The van der Waals surface area contributed by atoms with Crippen LogP contribution in [0.5, 0.6) is 0 Å². The molecule has 7 nitrogen and oxygen atoms in total. The monoisotopic (exact) mass is 388 g/mol. The smallest absolute Gasteiger partial charge is 0.246 e. The average Bonchev–Trinajstić information content (AvgIpc) is 3.00. The molecule has 1 amide bonds. The molecule has 1 fully saturated rings. The number of hydrogen-bond donors (Lipinski definition) is 1. The van der Waals surface area contributed by atoms with E-state index in [2.05, 4.69) is 24.0 Å². The summed E-state index contributed by atoms with van der Waals surface area (Å²) in [4.78, 5) is 18.8. The Morgan fingerprint density at radius 1 is 1.42 bits per heavy atom. The zero-order valence-electron chi connectivity index (χ0n) is 16.5. The molecule has 0 saturated heterocycles. The molecule has 26 heavy (non-hydrogen) atoms. The zero-order chi connectivity index (χ0) is 18.6. The van der Waals surface area contributed by atoms with Gasteiger partial charge in [-0.3, -0.25) is 4.79 Å². The first kappa shape index (κ1) is 22.9. The van der Waals surface area contributed by atoms with Crippen molar-refractivity contribution in [2.45, 2.75) is 71.6 Å². The summed E-state index contributed by atoms with van der Waals surface area (Å²) >= 11 is 0. The van der Waals surface area contributed by atoms with E-state index in [4.69, 9.17) is 15.0 Å². The number of rotatable bonds is 7. The topological polar surface area (TPSA) is 94.5 Å². The first-order valence-corrected chi connectivity index (χ1v) is 9.18.